The van der Waals surface area contributed by atoms with Crippen molar-refractivity contribution in [1.29, 1.82) is 0 Å². The summed E-state index contributed by atoms with van der Waals surface area (Å²) >= 11 is 13.7. The quantitative estimate of drug-likeness (QED) is 0.229. The van der Waals surface area contributed by atoms with E-state index in [1.54, 1.807) is 18.2 Å². The van der Waals surface area contributed by atoms with Crippen LogP contribution in [0.1, 0.15) is 71.1 Å². The minimum Gasteiger partial charge on any atom is -0.477 e. The van der Waals surface area contributed by atoms with Gasteiger partial charge in [-0.2, -0.15) is 0 Å². The van der Waals surface area contributed by atoms with Crippen LogP contribution in [0.25, 0.3) is 21.5 Å². The zero-order chi connectivity index (χ0) is 27.5. The number of hydrogen-bond donors (Lipinski definition) is 2. The topological polar surface area (TPSA) is 106 Å². The van der Waals surface area contributed by atoms with Crippen LogP contribution in [0.4, 0.5) is 8.78 Å². The number of aromatic nitrogens is 2. The largest absolute Gasteiger partial charge is 0.477 e. The first-order chi connectivity index (χ1) is 18.7. The number of ether oxygens (including phenoxy) is 1. The molecule has 2 fully saturated rings. The van der Waals surface area contributed by atoms with Crippen LogP contribution in [0.3, 0.4) is 0 Å². The van der Waals surface area contributed by atoms with Gasteiger partial charge in [-0.15, -0.1) is 11.3 Å². The van der Waals surface area contributed by atoms with Gasteiger partial charge in [0.05, 0.1) is 33.0 Å². The number of rotatable bonds is 7. The van der Waals surface area contributed by atoms with Crippen molar-refractivity contribution in [2.24, 2.45) is 0 Å². The second-order valence-corrected chi connectivity index (χ2v) is 11.8. The molecule has 204 valence electrons. The summed E-state index contributed by atoms with van der Waals surface area (Å²) in [7, 11) is 0. The molecule has 0 radical (unpaired) electrons. The maximum Gasteiger partial charge on any atom is 0.341 e. The molecule has 0 unspecified atom stereocenters. The Morgan fingerprint density at radius 1 is 1.18 bits per heavy atom. The van der Waals surface area contributed by atoms with Crippen LogP contribution in [0.5, 0.6) is 0 Å². The molecular weight excluding hydrogens is 573 g/mol. The Bertz CT molecular complexity index is 1570. The molecule has 2 aromatic heterocycles. The number of hydrogen-bond acceptors (Lipinski definition) is 7. The smallest absolute Gasteiger partial charge is 0.341 e. The lowest BCUT2D eigenvalue weighted by molar-refractivity contribution is -0.0640. The van der Waals surface area contributed by atoms with Gasteiger partial charge in [-0.25, -0.2) is 18.6 Å². The fourth-order valence-corrected chi connectivity index (χ4v) is 6.80. The van der Waals surface area contributed by atoms with E-state index in [2.05, 4.69) is 10.1 Å². The molecule has 6 rings (SSSR count). The third-order valence-corrected chi connectivity index (χ3v) is 9.26. The van der Waals surface area contributed by atoms with E-state index < -0.39 is 28.8 Å². The van der Waals surface area contributed by atoms with Crippen LogP contribution in [0.2, 0.25) is 10.0 Å². The molecule has 0 bridgehead atoms. The molecule has 12 heteroatoms. The van der Waals surface area contributed by atoms with Gasteiger partial charge in [0, 0.05) is 23.1 Å². The highest BCUT2D eigenvalue weighted by atomic mass is 35.5. The summed E-state index contributed by atoms with van der Waals surface area (Å²) in [5, 5.41) is 25.9. The lowest BCUT2D eigenvalue weighted by Gasteiger charge is -2.34. The molecule has 0 saturated heterocycles. The maximum absolute atomic E-state index is 14.7. The number of aromatic carboxylic acids is 1. The van der Waals surface area contributed by atoms with Gasteiger partial charge < -0.3 is 19.5 Å². The standard InChI is InChI=1S/C27H22Cl2F2N2O5S/c28-15-2-1-3-16(29)19(15)22-14(23(38-33-22)12-4-5-12)11-37-13-6-8-27(36,9-7-13)26-32-18-10-17(30)20(25(34)35)21(31)24(18)39-26/h1-3,10,12-13,36H,4-9,11H2,(H,34,35). The molecule has 2 aromatic carbocycles. The predicted molar refractivity (Wildman–Crippen MR) is 141 cm³/mol. The molecule has 39 heavy (non-hydrogen) atoms. The number of nitrogens with zero attached hydrogens (tertiary/aromatic N) is 2. The Labute approximate surface area is 235 Å². The molecule has 2 aliphatic rings. The summed E-state index contributed by atoms with van der Waals surface area (Å²) in [6.45, 7) is 0.235. The van der Waals surface area contributed by atoms with E-state index in [0.717, 1.165) is 41.6 Å². The number of carboxylic acid groups (broad SMARTS) is 1. The second kappa shape index (κ2) is 10.1. The third kappa shape index (κ3) is 4.82. The summed E-state index contributed by atoms with van der Waals surface area (Å²) in [6.07, 6.45) is 3.41. The molecule has 2 aliphatic carbocycles. The zero-order valence-electron chi connectivity index (χ0n) is 20.3. The van der Waals surface area contributed by atoms with Gasteiger partial charge in [0.1, 0.15) is 33.4 Å². The Morgan fingerprint density at radius 2 is 1.87 bits per heavy atom. The second-order valence-electron chi connectivity index (χ2n) is 10.0. The Kier molecular flexibility index (Phi) is 6.87. The van der Waals surface area contributed by atoms with Crippen LogP contribution in [0.15, 0.2) is 28.8 Å². The van der Waals surface area contributed by atoms with Gasteiger partial charge in [0.25, 0.3) is 0 Å². The van der Waals surface area contributed by atoms with E-state index in [1.165, 1.54) is 0 Å². The molecule has 0 amide bonds. The van der Waals surface area contributed by atoms with Gasteiger partial charge in [0.15, 0.2) is 5.82 Å². The zero-order valence-corrected chi connectivity index (χ0v) is 22.7. The fourth-order valence-electron chi connectivity index (χ4n) is 5.09. The molecular formula is C27H22Cl2F2N2O5S. The number of fused-ring (bicyclic) bond motifs is 1. The minimum absolute atomic E-state index is 0.0207. The molecule has 0 aliphatic heterocycles. The van der Waals surface area contributed by atoms with Crippen LogP contribution >= 0.6 is 34.5 Å². The molecule has 7 nitrogen and oxygen atoms in total. The first kappa shape index (κ1) is 26.6. The van der Waals surface area contributed by atoms with Gasteiger partial charge in [-0.3, -0.25) is 0 Å². The molecule has 4 aromatic rings. The molecule has 0 atom stereocenters. The van der Waals surface area contributed by atoms with Crippen molar-refractivity contribution >= 4 is 50.7 Å². The van der Waals surface area contributed by atoms with Crippen LogP contribution < -0.4 is 0 Å². The van der Waals surface area contributed by atoms with E-state index in [4.69, 9.17) is 37.6 Å². The summed E-state index contributed by atoms with van der Waals surface area (Å²) in [4.78, 5) is 15.5. The number of aliphatic hydroxyl groups is 1. The van der Waals surface area contributed by atoms with Crippen molar-refractivity contribution in [2.75, 3.05) is 0 Å². The maximum atomic E-state index is 14.7. The summed E-state index contributed by atoms with van der Waals surface area (Å²) in [5.41, 5.74) is -0.442. The van der Waals surface area contributed by atoms with E-state index in [1.807, 2.05) is 0 Å². The monoisotopic (exact) mass is 594 g/mol. The van der Waals surface area contributed by atoms with E-state index in [0.29, 0.717) is 34.1 Å². The summed E-state index contributed by atoms with van der Waals surface area (Å²) in [6, 6.07) is 6.13. The van der Waals surface area contributed by atoms with Crippen molar-refractivity contribution in [3.63, 3.8) is 0 Å². The van der Waals surface area contributed by atoms with Gasteiger partial charge >= 0.3 is 5.97 Å². The molecule has 2 N–H and O–H groups in total. The average Bonchev–Trinajstić information content (AvgIpc) is 3.50. The average molecular weight is 595 g/mol. The fraction of sp³-hybridized carbons (Fsp3) is 0.370. The number of thiazole rings is 1. The highest BCUT2D eigenvalue weighted by Gasteiger charge is 2.39. The normalized spacial score (nSPS) is 21.5. The number of benzene rings is 2. The lowest BCUT2D eigenvalue weighted by Crippen LogP contribution is -2.34. The number of carbonyl (C=O) groups is 1. The van der Waals surface area contributed by atoms with Gasteiger partial charge in [-0.1, -0.05) is 34.4 Å². The van der Waals surface area contributed by atoms with Crippen LogP contribution in [0, 0.1) is 11.6 Å². The van der Waals surface area contributed by atoms with Gasteiger partial charge in [-0.05, 0) is 50.7 Å². The SMILES string of the molecule is O=C(O)c1c(F)cc2nc(C3(O)CCC(OCc4c(-c5c(Cl)cccc5Cl)noc4C4CC4)CC3)sc2c1F. The predicted octanol–water partition coefficient (Wildman–Crippen LogP) is 7.46. The summed E-state index contributed by atoms with van der Waals surface area (Å²) < 4.78 is 40.7. The van der Waals surface area contributed by atoms with Crippen molar-refractivity contribution < 1.29 is 33.0 Å². The van der Waals surface area contributed by atoms with Crippen molar-refractivity contribution in [3.8, 4) is 11.3 Å². The first-order valence-electron chi connectivity index (χ1n) is 12.5. The highest BCUT2D eigenvalue weighted by molar-refractivity contribution is 7.18. The molecule has 2 saturated carbocycles. The van der Waals surface area contributed by atoms with Crippen molar-refractivity contribution in [1.82, 2.24) is 10.1 Å². The summed E-state index contributed by atoms with van der Waals surface area (Å²) in [5.74, 6) is -3.02. The minimum atomic E-state index is -1.70. The Morgan fingerprint density at radius 3 is 2.51 bits per heavy atom. The van der Waals surface area contributed by atoms with E-state index in [9.17, 15) is 18.7 Å². The molecule has 0 spiro atoms. The van der Waals surface area contributed by atoms with Crippen molar-refractivity contribution in [2.45, 2.75) is 62.8 Å². The third-order valence-electron chi connectivity index (χ3n) is 7.38. The molecule has 2 heterocycles. The van der Waals surface area contributed by atoms with Crippen molar-refractivity contribution in [3.05, 3.63) is 67.8 Å². The van der Waals surface area contributed by atoms with Crippen LogP contribution in [-0.2, 0) is 16.9 Å². The Hall–Kier alpha value is -2.63. The Balaban J connectivity index is 1.19. The number of carboxylic acids is 1. The highest BCUT2D eigenvalue weighted by Crippen LogP contribution is 2.47. The van der Waals surface area contributed by atoms with E-state index >= 15 is 0 Å². The number of halogens is 4. The van der Waals surface area contributed by atoms with Gasteiger partial charge in [0.2, 0.25) is 0 Å². The lowest BCUT2D eigenvalue weighted by atomic mass is 9.83. The first-order valence-corrected chi connectivity index (χ1v) is 14.0. The van der Waals surface area contributed by atoms with Crippen LogP contribution in [-0.4, -0.2) is 32.4 Å². The van der Waals surface area contributed by atoms with E-state index in [-0.39, 0.29) is 46.7 Å².